The lowest BCUT2D eigenvalue weighted by Gasteiger charge is -2.31. The number of para-hydroxylation sites is 1. The second-order valence-corrected chi connectivity index (χ2v) is 7.85. The smallest absolute Gasteiger partial charge is 0.287 e. The number of fused-ring (bicyclic) bond motifs is 3. The van der Waals surface area contributed by atoms with Gasteiger partial charge in [0.15, 0.2) is 0 Å². The number of amides is 1. The highest BCUT2D eigenvalue weighted by Crippen LogP contribution is 2.33. The Morgan fingerprint density at radius 1 is 1.25 bits per heavy atom. The van der Waals surface area contributed by atoms with Gasteiger partial charge in [0, 0.05) is 5.02 Å². The lowest BCUT2D eigenvalue weighted by Crippen LogP contribution is -2.46. The zero-order chi connectivity index (χ0) is 19.9. The number of hydrazine groups is 1. The number of carbonyl (C=O) groups is 1. The molecule has 2 aliphatic rings. The first kappa shape index (κ1) is 18.0. The van der Waals surface area contributed by atoms with E-state index in [1.165, 1.54) is 34.6 Å². The van der Waals surface area contributed by atoms with Crippen molar-refractivity contribution in [1.29, 1.82) is 5.26 Å². The molecule has 0 bridgehead atoms. The topological polar surface area (TPSA) is 118 Å². The van der Waals surface area contributed by atoms with Gasteiger partial charge in [0.2, 0.25) is 5.91 Å². The van der Waals surface area contributed by atoms with Gasteiger partial charge < -0.3 is 5.32 Å². The predicted octanol–water partition coefficient (Wildman–Crippen LogP) is 1.97. The fraction of sp³-hybridized carbons (Fsp3) is 0.0588. The van der Waals surface area contributed by atoms with E-state index < -0.39 is 15.9 Å². The van der Waals surface area contributed by atoms with Crippen molar-refractivity contribution in [2.75, 3.05) is 16.9 Å². The van der Waals surface area contributed by atoms with E-state index in [0.717, 1.165) is 0 Å². The standard InChI is InChI=1S/C17H11ClN6O3S/c18-12-6-5-11(8-19)13(7-12)21-16(25)9-23-10-20-17-22-28(26,27)15-4-2-1-3-14(15)24(17)23/h1-7,10H,9H2,(H,21,25). The van der Waals surface area contributed by atoms with Crippen molar-refractivity contribution in [3.8, 4) is 6.07 Å². The van der Waals surface area contributed by atoms with E-state index >= 15 is 0 Å². The van der Waals surface area contributed by atoms with Crippen molar-refractivity contribution in [2.24, 2.45) is 9.39 Å². The largest absolute Gasteiger partial charge is 0.323 e. The number of nitrogens with one attached hydrogen (secondary N) is 1. The van der Waals surface area contributed by atoms with Crippen molar-refractivity contribution in [3.05, 3.63) is 53.1 Å². The average molecular weight is 415 g/mol. The van der Waals surface area contributed by atoms with Crippen LogP contribution in [0.3, 0.4) is 0 Å². The van der Waals surface area contributed by atoms with E-state index in [1.54, 1.807) is 24.3 Å². The molecule has 0 fully saturated rings. The van der Waals surface area contributed by atoms with Gasteiger partial charge in [0.25, 0.3) is 16.0 Å². The molecule has 2 heterocycles. The highest BCUT2D eigenvalue weighted by Gasteiger charge is 2.36. The van der Waals surface area contributed by atoms with Crippen molar-refractivity contribution in [3.63, 3.8) is 0 Å². The number of nitrogens with zero attached hydrogens (tertiary/aromatic N) is 5. The molecule has 4 rings (SSSR count). The molecule has 28 heavy (non-hydrogen) atoms. The Kier molecular flexibility index (Phi) is 4.26. The molecule has 11 heteroatoms. The molecule has 0 saturated carbocycles. The first-order valence-electron chi connectivity index (χ1n) is 7.93. The van der Waals surface area contributed by atoms with Crippen LogP contribution in [0.25, 0.3) is 0 Å². The normalized spacial score (nSPS) is 16.1. The Morgan fingerprint density at radius 3 is 2.82 bits per heavy atom. The van der Waals surface area contributed by atoms with Crippen LogP contribution in [0.15, 0.2) is 56.8 Å². The molecule has 2 aromatic carbocycles. The van der Waals surface area contributed by atoms with Crippen LogP contribution in [0, 0.1) is 11.3 Å². The van der Waals surface area contributed by atoms with E-state index in [4.69, 9.17) is 16.9 Å². The van der Waals surface area contributed by atoms with Crippen LogP contribution in [0.5, 0.6) is 0 Å². The van der Waals surface area contributed by atoms with Crippen molar-refractivity contribution < 1.29 is 13.2 Å². The Morgan fingerprint density at radius 2 is 2.04 bits per heavy atom. The number of aliphatic imine (C=N–C) groups is 1. The third kappa shape index (κ3) is 3.06. The molecule has 0 atom stereocenters. The third-order valence-electron chi connectivity index (χ3n) is 4.01. The summed E-state index contributed by atoms with van der Waals surface area (Å²) < 4.78 is 28.2. The number of rotatable bonds is 3. The summed E-state index contributed by atoms with van der Waals surface area (Å²) in [7, 11) is -3.86. The van der Waals surface area contributed by atoms with Gasteiger partial charge in [-0.3, -0.25) is 9.80 Å². The van der Waals surface area contributed by atoms with Crippen LogP contribution in [0.1, 0.15) is 5.56 Å². The number of guanidine groups is 1. The summed E-state index contributed by atoms with van der Waals surface area (Å²) in [5.74, 6) is -0.496. The third-order valence-corrected chi connectivity index (χ3v) is 5.55. The molecule has 1 N–H and O–H groups in total. The summed E-state index contributed by atoms with van der Waals surface area (Å²) in [5, 5.41) is 15.0. The molecule has 1 amide bonds. The van der Waals surface area contributed by atoms with Gasteiger partial charge in [-0.25, -0.2) is 5.01 Å². The lowest BCUT2D eigenvalue weighted by molar-refractivity contribution is -0.116. The van der Waals surface area contributed by atoms with Crippen LogP contribution < -0.4 is 10.3 Å². The van der Waals surface area contributed by atoms with E-state index in [1.807, 2.05) is 6.07 Å². The van der Waals surface area contributed by atoms with E-state index in [9.17, 15) is 13.2 Å². The molecule has 0 aliphatic carbocycles. The van der Waals surface area contributed by atoms with Crippen LogP contribution in [0.4, 0.5) is 11.4 Å². The molecule has 0 radical (unpaired) electrons. The van der Waals surface area contributed by atoms with Crippen LogP contribution >= 0.6 is 11.6 Å². The van der Waals surface area contributed by atoms with Crippen molar-refractivity contribution in [2.45, 2.75) is 4.90 Å². The molecule has 9 nitrogen and oxygen atoms in total. The average Bonchev–Trinajstić information content (AvgIpc) is 3.03. The quantitative estimate of drug-likeness (QED) is 0.820. The zero-order valence-corrected chi connectivity index (χ0v) is 15.6. The van der Waals surface area contributed by atoms with Crippen LogP contribution in [-0.2, 0) is 14.8 Å². The van der Waals surface area contributed by atoms with Crippen LogP contribution in [0.2, 0.25) is 5.02 Å². The van der Waals surface area contributed by atoms with Gasteiger partial charge in [-0.15, -0.1) is 4.40 Å². The summed E-state index contributed by atoms with van der Waals surface area (Å²) in [6.45, 7) is -0.186. The van der Waals surface area contributed by atoms with Gasteiger partial charge in [0.05, 0.1) is 16.9 Å². The first-order valence-corrected chi connectivity index (χ1v) is 9.75. The van der Waals surface area contributed by atoms with Crippen molar-refractivity contribution >= 4 is 51.2 Å². The van der Waals surface area contributed by atoms with Crippen LogP contribution in [-0.4, -0.2) is 38.2 Å². The number of sulfonamides is 1. The lowest BCUT2D eigenvalue weighted by atomic mass is 10.2. The summed E-state index contributed by atoms with van der Waals surface area (Å²) >= 11 is 5.93. The minimum absolute atomic E-state index is 0.0243. The second kappa shape index (κ2) is 6.63. The van der Waals surface area contributed by atoms with Gasteiger partial charge in [0.1, 0.15) is 23.8 Å². The predicted molar refractivity (Wildman–Crippen MR) is 104 cm³/mol. The molecule has 140 valence electrons. The fourth-order valence-corrected chi connectivity index (χ4v) is 4.10. The summed E-state index contributed by atoms with van der Waals surface area (Å²) in [5.41, 5.74) is 0.898. The minimum atomic E-state index is -3.86. The van der Waals surface area contributed by atoms with E-state index in [-0.39, 0.29) is 28.7 Å². The Balaban J connectivity index is 1.59. The van der Waals surface area contributed by atoms with E-state index in [2.05, 4.69) is 14.7 Å². The minimum Gasteiger partial charge on any atom is -0.323 e. The highest BCUT2D eigenvalue weighted by molar-refractivity contribution is 7.90. The fourth-order valence-electron chi connectivity index (χ4n) is 2.82. The second-order valence-electron chi connectivity index (χ2n) is 5.84. The van der Waals surface area contributed by atoms with Gasteiger partial charge in [-0.05, 0) is 30.3 Å². The van der Waals surface area contributed by atoms with Gasteiger partial charge >= 0.3 is 0 Å². The van der Waals surface area contributed by atoms with Gasteiger partial charge in [-0.1, -0.05) is 23.7 Å². The first-order chi connectivity index (χ1) is 13.4. The maximum atomic E-state index is 12.5. The molecule has 0 aromatic heterocycles. The van der Waals surface area contributed by atoms with E-state index in [0.29, 0.717) is 10.7 Å². The molecule has 0 unspecified atom stereocenters. The van der Waals surface area contributed by atoms with Gasteiger partial charge in [-0.2, -0.15) is 18.7 Å². The molecule has 0 spiro atoms. The number of halogens is 1. The molecule has 2 aromatic rings. The Hall–Kier alpha value is -3.42. The number of benzene rings is 2. The summed E-state index contributed by atoms with van der Waals surface area (Å²) in [4.78, 5) is 16.5. The number of carbonyl (C=O) groups excluding carboxylic acids is 1. The van der Waals surface area contributed by atoms with Crippen molar-refractivity contribution in [1.82, 2.24) is 5.01 Å². The Bertz CT molecular complexity index is 1200. The SMILES string of the molecule is N#Cc1ccc(Cl)cc1NC(=O)CN1C=NC2=NS(=O)(=O)c3ccccc3N21. The summed E-state index contributed by atoms with van der Waals surface area (Å²) in [6.07, 6.45) is 1.32. The monoisotopic (exact) mass is 414 g/mol. The Labute approximate surface area is 165 Å². The molecule has 2 aliphatic heterocycles. The number of hydrogen-bond acceptors (Lipinski definition) is 7. The maximum Gasteiger partial charge on any atom is 0.287 e. The molecule has 0 saturated heterocycles. The highest BCUT2D eigenvalue weighted by atomic mass is 35.5. The number of anilines is 2. The maximum absolute atomic E-state index is 12.5. The number of nitriles is 1. The molecular weight excluding hydrogens is 404 g/mol. The molecular formula is C17H11ClN6O3S. The zero-order valence-electron chi connectivity index (χ0n) is 14.1. The number of hydrogen-bond donors (Lipinski definition) is 1. The summed E-state index contributed by atoms with van der Waals surface area (Å²) in [6, 6.07) is 12.8.